The maximum absolute atomic E-state index is 12.8. The molecule has 0 aromatic rings. The number of phosphoric acid groups is 1. The molecule has 0 saturated carbocycles. The monoisotopic (exact) mass is 1030 g/mol. The zero-order valence-electron chi connectivity index (χ0n) is 47.9. The Kier molecular flexibility index (Phi) is 52.3. The smallest absolute Gasteiger partial charge is 0.306 e. The molecule has 10 heteroatoms. The molecular weight excluding hydrogens is 918 g/mol. The Morgan fingerprint density at radius 1 is 0.444 bits per heavy atom. The maximum atomic E-state index is 12.8. The summed E-state index contributed by atoms with van der Waals surface area (Å²) in [6, 6.07) is 0. The molecule has 0 aromatic carbocycles. The third-order valence-corrected chi connectivity index (χ3v) is 14.3. The molecular formula is C62H116NO8P. The number of ether oxygens (including phenoxy) is 2. The van der Waals surface area contributed by atoms with Crippen LogP contribution in [0, 0.1) is 0 Å². The third kappa shape index (κ3) is 57.3. The number of carbonyl (C=O) groups is 2. The molecule has 0 amide bonds. The second-order valence-electron chi connectivity index (χ2n) is 21.7. The molecule has 422 valence electrons. The van der Waals surface area contributed by atoms with Gasteiger partial charge in [0.2, 0.25) is 0 Å². The quantitative estimate of drug-likeness (QED) is 0.0195. The zero-order valence-corrected chi connectivity index (χ0v) is 48.8. The predicted octanol–water partition coefficient (Wildman–Crippen LogP) is 18.3. The van der Waals surface area contributed by atoms with Gasteiger partial charge in [-0.2, -0.15) is 0 Å². The third-order valence-electron chi connectivity index (χ3n) is 13.4. The summed E-state index contributed by atoms with van der Waals surface area (Å²) in [7, 11) is 1.18. The Morgan fingerprint density at radius 2 is 0.792 bits per heavy atom. The molecule has 0 heterocycles. The average molecular weight is 1030 g/mol. The van der Waals surface area contributed by atoms with E-state index in [2.05, 4.69) is 62.5 Å². The van der Waals surface area contributed by atoms with Crippen molar-refractivity contribution in [2.24, 2.45) is 0 Å². The molecule has 0 fully saturated rings. The standard InChI is InChI=1S/C62H116NO8P/c1-6-8-10-12-14-16-18-20-22-23-24-25-26-27-28-29-30-31-32-33-34-35-36-37-38-39-41-43-45-47-49-51-53-55-62(65)71-60(59-70-72(66,67)69-57-56-63(3,4)5)58-68-61(64)54-52-50-48-46-44-42-40-21-19-17-15-13-11-9-7-2/h8,10,14,16,20,22,24-25,60H,6-7,9,11-13,15,17-19,21,23,26-59H2,1-5H3/b10-8-,16-14-,22-20-,25-24-. The number of esters is 2. The number of rotatable bonds is 56. The van der Waals surface area contributed by atoms with E-state index in [1.54, 1.807) is 0 Å². The second-order valence-corrected chi connectivity index (χ2v) is 23.1. The van der Waals surface area contributed by atoms with Crippen LogP contribution < -0.4 is 4.89 Å². The Balaban J connectivity index is 4.00. The van der Waals surface area contributed by atoms with Crippen LogP contribution >= 0.6 is 7.82 Å². The first kappa shape index (κ1) is 70.0. The first-order valence-electron chi connectivity index (χ1n) is 30.3. The maximum Gasteiger partial charge on any atom is 0.306 e. The first-order valence-corrected chi connectivity index (χ1v) is 31.8. The number of phosphoric ester groups is 1. The summed E-state index contributed by atoms with van der Waals surface area (Å²) in [5, 5.41) is 0. The zero-order chi connectivity index (χ0) is 52.7. The Hall–Kier alpha value is -2.03. The molecule has 0 radical (unpaired) electrons. The number of unbranched alkanes of at least 4 members (excludes halogenated alkanes) is 34. The lowest BCUT2D eigenvalue weighted by Gasteiger charge is -2.28. The van der Waals surface area contributed by atoms with Crippen molar-refractivity contribution in [1.29, 1.82) is 0 Å². The van der Waals surface area contributed by atoms with Crippen LogP contribution in [0.2, 0.25) is 0 Å². The lowest BCUT2D eigenvalue weighted by atomic mass is 10.0. The number of quaternary nitrogens is 1. The van der Waals surface area contributed by atoms with Crippen LogP contribution in [0.5, 0.6) is 0 Å². The van der Waals surface area contributed by atoms with Gasteiger partial charge in [-0.1, -0.05) is 268 Å². The highest BCUT2D eigenvalue weighted by molar-refractivity contribution is 7.45. The van der Waals surface area contributed by atoms with Gasteiger partial charge in [0.1, 0.15) is 19.8 Å². The van der Waals surface area contributed by atoms with Crippen LogP contribution in [0.3, 0.4) is 0 Å². The van der Waals surface area contributed by atoms with Crippen molar-refractivity contribution in [3.63, 3.8) is 0 Å². The van der Waals surface area contributed by atoms with Gasteiger partial charge in [-0.05, 0) is 51.4 Å². The Bertz CT molecular complexity index is 1360. The molecule has 9 nitrogen and oxygen atoms in total. The number of carbonyl (C=O) groups excluding carboxylic acids is 2. The summed E-state index contributed by atoms with van der Waals surface area (Å²) in [5.41, 5.74) is 0. The molecule has 0 aromatic heterocycles. The molecule has 0 rings (SSSR count). The van der Waals surface area contributed by atoms with Gasteiger partial charge in [0.25, 0.3) is 7.82 Å². The highest BCUT2D eigenvalue weighted by Gasteiger charge is 2.22. The molecule has 0 aliphatic carbocycles. The summed E-state index contributed by atoms with van der Waals surface area (Å²) in [6.45, 7) is 4.17. The van der Waals surface area contributed by atoms with Crippen molar-refractivity contribution < 1.29 is 42.1 Å². The van der Waals surface area contributed by atoms with E-state index < -0.39 is 26.5 Å². The van der Waals surface area contributed by atoms with E-state index >= 15 is 0 Å². The highest BCUT2D eigenvalue weighted by atomic mass is 31.2. The Labute approximate surface area is 445 Å². The molecule has 2 atom stereocenters. The van der Waals surface area contributed by atoms with Gasteiger partial charge in [-0.3, -0.25) is 14.2 Å². The summed E-state index contributed by atoms with van der Waals surface area (Å²) in [5.74, 6) is -0.818. The van der Waals surface area contributed by atoms with Gasteiger partial charge in [-0.15, -0.1) is 0 Å². The lowest BCUT2D eigenvalue weighted by molar-refractivity contribution is -0.870. The van der Waals surface area contributed by atoms with Gasteiger partial charge in [0.05, 0.1) is 27.7 Å². The van der Waals surface area contributed by atoms with Gasteiger partial charge < -0.3 is 27.9 Å². The van der Waals surface area contributed by atoms with Crippen LogP contribution in [0.4, 0.5) is 0 Å². The Morgan fingerprint density at radius 3 is 1.18 bits per heavy atom. The second kappa shape index (κ2) is 53.8. The van der Waals surface area contributed by atoms with Crippen molar-refractivity contribution in [2.45, 2.75) is 290 Å². The van der Waals surface area contributed by atoms with Crippen LogP contribution in [-0.4, -0.2) is 70.0 Å². The number of hydrogen-bond donors (Lipinski definition) is 0. The lowest BCUT2D eigenvalue weighted by Crippen LogP contribution is -2.37. The van der Waals surface area contributed by atoms with E-state index in [9.17, 15) is 19.0 Å². The number of nitrogens with zero attached hydrogens (tertiary/aromatic N) is 1. The molecule has 0 bridgehead atoms. The van der Waals surface area contributed by atoms with Crippen molar-refractivity contribution in [3.05, 3.63) is 48.6 Å². The van der Waals surface area contributed by atoms with Crippen LogP contribution in [-0.2, 0) is 32.7 Å². The molecule has 72 heavy (non-hydrogen) atoms. The highest BCUT2D eigenvalue weighted by Crippen LogP contribution is 2.38. The van der Waals surface area contributed by atoms with Gasteiger partial charge >= 0.3 is 11.9 Å². The van der Waals surface area contributed by atoms with Crippen molar-refractivity contribution in [2.75, 3.05) is 47.5 Å². The molecule has 0 aliphatic heterocycles. The fraction of sp³-hybridized carbons (Fsp3) is 0.839. The molecule has 2 unspecified atom stereocenters. The summed E-state index contributed by atoms with van der Waals surface area (Å²) >= 11 is 0. The first-order chi connectivity index (χ1) is 35.0. The van der Waals surface area contributed by atoms with Crippen molar-refractivity contribution in [3.8, 4) is 0 Å². The van der Waals surface area contributed by atoms with Gasteiger partial charge in [0, 0.05) is 12.8 Å². The minimum Gasteiger partial charge on any atom is -0.756 e. The van der Waals surface area contributed by atoms with Crippen LogP contribution in [0.15, 0.2) is 48.6 Å². The van der Waals surface area contributed by atoms with Crippen molar-refractivity contribution in [1.82, 2.24) is 0 Å². The normalized spacial score (nSPS) is 13.6. The predicted molar refractivity (Wildman–Crippen MR) is 305 cm³/mol. The topological polar surface area (TPSA) is 111 Å². The van der Waals surface area contributed by atoms with E-state index in [0.29, 0.717) is 17.4 Å². The summed E-state index contributed by atoms with van der Waals surface area (Å²) in [4.78, 5) is 37.8. The minimum atomic E-state index is -4.63. The fourth-order valence-electron chi connectivity index (χ4n) is 8.71. The molecule has 0 saturated heterocycles. The van der Waals surface area contributed by atoms with Gasteiger partial charge in [0.15, 0.2) is 6.10 Å². The van der Waals surface area contributed by atoms with E-state index in [0.717, 1.165) is 57.8 Å². The largest absolute Gasteiger partial charge is 0.756 e. The number of hydrogen-bond acceptors (Lipinski definition) is 8. The van der Waals surface area contributed by atoms with Crippen LogP contribution in [0.25, 0.3) is 0 Å². The molecule has 0 N–H and O–H groups in total. The van der Waals surface area contributed by atoms with E-state index in [1.165, 1.54) is 193 Å². The summed E-state index contributed by atoms with van der Waals surface area (Å²) < 4.78 is 34.2. The number of likely N-dealkylation sites (N-methyl/N-ethyl adjacent to an activating group) is 1. The number of allylic oxidation sites excluding steroid dienone is 8. The summed E-state index contributed by atoms with van der Waals surface area (Å²) in [6.07, 6.45) is 67.4. The SMILES string of the molecule is CC/C=C\C/C=C\C/C=C\C/C=C\CCCCCCCCCCCCCCCCCCCCCCC(=O)OC(COC(=O)CCCCCCCCCCCCCCCCC)COP(=O)([O-])OCC[N+](C)(C)C. The van der Waals surface area contributed by atoms with E-state index in [4.69, 9.17) is 18.5 Å². The van der Waals surface area contributed by atoms with Gasteiger partial charge in [-0.25, -0.2) is 0 Å². The average Bonchev–Trinajstić information content (AvgIpc) is 3.34. The van der Waals surface area contributed by atoms with E-state index in [-0.39, 0.29) is 32.0 Å². The van der Waals surface area contributed by atoms with Crippen molar-refractivity contribution >= 4 is 19.8 Å². The molecule has 0 aliphatic rings. The molecule has 0 spiro atoms. The van der Waals surface area contributed by atoms with Crippen LogP contribution in [0.1, 0.15) is 284 Å². The van der Waals surface area contributed by atoms with E-state index in [1.807, 2.05) is 21.1 Å². The fourth-order valence-corrected chi connectivity index (χ4v) is 9.44. The minimum absolute atomic E-state index is 0.0283.